The van der Waals surface area contributed by atoms with Gasteiger partial charge in [0.2, 0.25) is 0 Å². The molecule has 98 valence electrons. The highest BCUT2D eigenvalue weighted by atomic mass is 127. The summed E-state index contributed by atoms with van der Waals surface area (Å²) in [5.41, 5.74) is 2.76. The fourth-order valence-corrected chi connectivity index (χ4v) is 5.70. The van der Waals surface area contributed by atoms with Crippen molar-refractivity contribution < 1.29 is 0 Å². The molecule has 0 aliphatic heterocycles. The number of alkyl halides is 1. The van der Waals surface area contributed by atoms with Gasteiger partial charge in [-0.15, -0.1) is 0 Å². The van der Waals surface area contributed by atoms with Crippen molar-refractivity contribution in [3.8, 4) is 0 Å². The maximum atomic E-state index is 2.58. The van der Waals surface area contributed by atoms with Crippen LogP contribution in [0.25, 0.3) is 0 Å². The molecule has 0 amide bonds. The van der Waals surface area contributed by atoms with Crippen molar-refractivity contribution in [2.24, 2.45) is 22.7 Å². The molecule has 1 heteroatoms. The average Bonchev–Trinajstić information content (AvgIpc) is 2.28. The van der Waals surface area contributed by atoms with Crippen LogP contribution in [0.3, 0.4) is 0 Å². The first-order chi connectivity index (χ1) is 7.95. The third-order valence-electron chi connectivity index (χ3n) is 6.23. The van der Waals surface area contributed by atoms with Gasteiger partial charge in [0.15, 0.2) is 0 Å². The minimum atomic E-state index is 0.505. The van der Waals surface area contributed by atoms with Crippen LogP contribution in [0.15, 0.2) is 11.6 Å². The standard InChI is InChI=1S/C16H27I/c1-12-6-5-7-14-15(12,3)9-8-13(2)16(14,4)10-11-17/h6,13-14H,5,7-11H2,1-4H3/t13-,14+,15-,16+/m0/s1. The summed E-state index contributed by atoms with van der Waals surface area (Å²) in [6.07, 6.45) is 9.49. The third kappa shape index (κ3) is 2.11. The smallest absolute Gasteiger partial charge is 0.0000663 e. The molecule has 0 heterocycles. The molecule has 0 radical (unpaired) electrons. The lowest BCUT2D eigenvalue weighted by Crippen LogP contribution is -2.49. The fourth-order valence-electron chi connectivity index (χ4n) is 4.54. The normalized spacial score (nSPS) is 46.3. The lowest BCUT2D eigenvalue weighted by atomic mass is 9.47. The monoisotopic (exact) mass is 346 g/mol. The Balaban J connectivity index is 2.37. The molecular weight excluding hydrogens is 319 g/mol. The van der Waals surface area contributed by atoms with E-state index in [0.29, 0.717) is 10.8 Å². The molecule has 0 saturated heterocycles. The molecule has 2 aliphatic rings. The van der Waals surface area contributed by atoms with Crippen LogP contribution < -0.4 is 0 Å². The number of rotatable bonds is 2. The van der Waals surface area contributed by atoms with E-state index in [9.17, 15) is 0 Å². The topological polar surface area (TPSA) is 0 Å². The maximum absolute atomic E-state index is 2.58. The lowest BCUT2D eigenvalue weighted by Gasteiger charge is -2.58. The summed E-state index contributed by atoms with van der Waals surface area (Å²) in [7, 11) is 0. The molecule has 0 aromatic heterocycles. The number of halogens is 1. The molecule has 2 rings (SSSR count). The highest BCUT2D eigenvalue weighted by Crippen LogP contribution is 2.61. The van der Waals surface area contributed by atoms with Crippen LogP contribution in [0.4, 0.5) is 0 Å². The molecule has 0 nitrogen and oxygen atoms in total. The first kappa shape index (κ1) is 13.9. The zero-order valence-electron chi connectivity index (χ0n) is 11.9. The second kappa shape index (κ2) is 4.86. The minimum absolute atomic E-state index is 0.505. The van der Waals surface area contributed by atoms with Gasteiger partial charge in [-0.3, -0.25) is 0 Å². The highest BCUT2D eigenvalue weighted by Gasteiger charge is 2.52. The average molecular weight is 346 g/mol. The molecule has 1 fully saturated rings. The van der Waals surface area contributed by atoms with Crippen molar-refractivity contribution in [1.82, 2.24) is 0 Å². The van der Waals surface area contributed by atoms with Crippen LogP contribution in [0.2, 0.25) is 0 Å². The van der Waals surface area contributed by atoms with E-state index in [-0.39, 0.29) is 0 Å². The summed E-state index contributed by atoms with van der Waals surface area (Å²) in [6, 6.07) is 0. The zero-order chi connectivity index (χ0) is 12.7. The molecule has 0 unspecified atom stereocenters. The summed E-state index contributed by atoms with van der Waals surface area (Å²) in [6.45, 7) is 10.0. The number of hydrogen-bond donors (Lipinski definition) is 0. The lowest BCUT2D eigenvalue weighted by molar-refractivity contribution is -0.0424. The Bertz CT molecular complexity index is 319. The van der Waals surface area contributed by atoms with Gasteiger partial charge in [0.05, 0.1) is 0 Å². The van der Waals surface area contributed by atoms with E-state index in [4.69, 9.17) is 0 Å². The molecule has 17 heavy (non-hydrogen) atoms. The second-order valence-electron chi connectivity index (χ2n) is 6.82. The Labute approximate surface area is 121 Å². The van der Waals surface area contributed by atoms with Gasteiger partial charge >= 0.3 is 0 Å². The molecule has 1 saturated carbocycles. The molecule has 0 N–H and O–H groups in total. The quantitative estimate of drug-likeness (QED) is 0.346. The SMILES string of the molecule is CC1=CCC[C@H]2[C@](C)(CCI)[C@@H](C)CC[C@@]12C. The van der Waals surface area contributed by atoms with Gasteiger partial charge in [0.25, 0.3) is 0 Å². The van der Waals surface area contributed by atoms with E-state index in [1.807, 2.05) is 0 Å². The van der Waals surface area contributed by atoms with Gasteiger partial charge in [-0.25, -0.2) is 0 Å². The van der Waals surface area contributed by atoms with Gasteiger partial charge in [-0.1, -0.05) is 55.0 Å². The largest absolute Gasteiger partial charge is 0.0864 e. The predicted molar refractivity (Wildman–Crippen MR) is 84.6 cm³/mol. The van der Waals surface area contributed by atoms with Crippen LogP contribution in [0.1, 0.15) is 59.8 Å². The van der Waals surface area contributed by atoms with E-state index >= 15 is 0 Å². The first-order valence-electron chi connectivity index (χ1n) is 7.18. The third-order valence-corrected chi connectivity index (χ3v) is 6.77. The first-order valence-corrected chi connectivity index (χ1v) is 8.71. The number of fused-ring (bicyclic) bond motifs is 1. The van der Waals surface area contributed by atoms with E-state index in [0.717, 1.165) is 11.8 Å². The van der Waals surface area contributed by atoms with E-state index in [1.165, 1.54) is 36.5 Å². The van der Waals surface area contributed by atoms with E-state index in [2.05, 4.69) is 56.4 Å². The summed E-state index contributed by atoms with van der Waals surface area (Å²) in [5, 5.41) is 0. The zero-order valence-corrected chi connectivity index (χ0v) is 14.0. The van der Waals surface area contributed by atoms with Crippen molar-refractivity contribution in [3.05, 3.63) is 11.6 Å². The molecular formula is C16H27I. The van der Waals surface area contributed by atoms with E-state index < -0.39 is 0 Å². The molecule has 4 atom stereocenters. The molecule has 0 aromatic carbocycles. The van der Waals surface area contributed by atoms with Crippen LogP contribution in [-0.2, 0) is 0 Å². The summed E-state index contributed by atoms with van der Waals surface area (Å²) in [5.74, 6) is 1.82. The fraction of sp³-hybridized carbons (Fsp3) is 0.875. The van der Waals surface area contributed by atoms with Crippen molar-refractivity contribution in [1.29, 1.82) is 0 Å². The number of allylic oxidation sites excluding steroid dienone is 2. The molecule has 0 bridgehead atoms. The Morgan fingerprint density at radius 1 is 1.35 bits per heavy atom. The Hall–Kier alpha value is 0.470. The van der Waals surface area contributed by atoms with Crippen molar-refractivity contribution in [3.63, 3.8) is 0 Å². The van der Waals surface area contributed by atoms with Gasteiger partial charge in [0, 0.05) is 4.43 Å². The maximum Gasteiger partial charge on any atom is 0.0000663 e. The van der Waals surface area contributed by atoms with E-state index in [1.54, 1.807) is 5.57 Å². The van der Waals surface area contributed by atoms with Gasteiger partial charge in [0.1, 0.15) is 0 Å². The summed E-state index contributed by atoms with van der Waals surface area (Å²) in [4.78, 5) is 0. The van der Waals surface area contributed by atoms with Crippen LogP contribution in [0, 0.1) is 22.7 Å². The van der Waals surface area contributed by atoms with Crippen molar-refractivity contribution >= 4 is 22.6 Å². The summed E-state index contributed by atoms with van der Waals surface area (Å²) >= 11 is 2.57. The van der Waals surface area contributed by atoms with Crippen molar-refractivity contribution in [2.45, 2.75) is 59.8 Å². The van der Waals surface area contributed by atoms with Gasteiger partial charge in [-0.05, 0) is 61.7 Å². The minimum Gasteiger partial charge on any atom is -0.0864 e. The molecule has 0 spiro atoms. The van der Waals surface area contributed by atoms with Crippen molar-refractivity contribution in [2.75, 3.05) is 4.43 Å². The van der Waals surface area contributed by atoms with Crippen LogP contribution in [0.5, 0.6) is 0 Å². The second-order valence-corrected chi connectivity index (χ2v) is 7.90. The Morgan fingerprint density at radius 3 is 2.71 bits per heavy atom. The number of hydrogen-bond acceptors (Lipinski definition) is 0. The van der Waals surface area contributed by atoms with Gasteiger partial charge < -0.3 is 0 Å². The van der Waals surface area contributed by atoms with Gasteiger partial charge in [-0.2, -0.15) is 0 Å². The molecule has 2 aliphatic carbocycles. The highest BCUT2D eigenvalue weighted by molar-refractivity contribution is 14.1. The molecule has 0 aromatic rings. The van der Waals surface area contributed by atoms with Crippen LogP contribution in [-0.4, -0.2) is 4.43 Å². The predicted octanol–water partition coefficient (Wildman–Crippen LogP) is 5.61. The van der Waals surface area contributed by atoms with Crippen LogP contribution >= 0.6 is 22.6 Å². The Kier molecular flexibility index (Phi) is 3.97. The Morgan fingerprint density at radius 2 is 2.06 bits per heavy atom. The summed E-state index contributed by atoms with van der Waals surface area (Å²) < 4.78 is 1.31.